The first kappa shape index (κ1) is 11.6. The Labute approximate surface area is 99.4 Å². The molecule has 0 atom stereocenters. The topological polar surface area (TPSA) is 84.2 Å². The molecule has 0 saturated carbocycles. The highest BCUT2D eigenvalue weighted by molar-refractivity contribution is 5.96. The standard InChI is InChI=1S/C12H15N3O2/c13-12(17)9-2-1-3-10(5-9)15-11(16)4-8-6-14-7-8/h1-3,5,8,14H,4,6-7H2,(H2,13,17)(H,15,16). The molecule has 1 saturated heterocycles. The maximum absolute atomic E-state index is 11.6. The van der Waals surface area contributed by atoms with Crippen molar-refractivity contribution in [1.82, 2.24) is 5.32 Å². The molecular formula is C12H15N3O2. The van der Waals surface area contributed by atoms with Gasteiger partial charge in [-0.3, -0.25) is 9.59 Å². The monoisotopic (exact) mass is 233 g/mol. The van der Waals surface area contributed by atoms with E-state index in [1.54, 1.807) is 24.3 Å². The number of nitrogens with one attached hydrogen (secondary N) is 2. The lowest BCUT2D eigenvalue weighted by Crippen LogP contribution is -2.43. The summed E-state index contributed by atoms with van der Waals surface area (Å²) in [6.07, 6.45) is 0.508. The van der Waals surface area contributed by atoms with E-state index in [2.05, 4.69) is 10.6 Å². The zero-order chi connectivity index (χ0) is 12.3. The van der Waals surface area contributed by atoms with Gasteiger partial charge in [0.2, 0.25) is 11.8 Å². The van der Waals surface area contributed by atoms with Gasteiger partial charge in [-0.2, -0.15) is 0 Å². The Balaban J connectivity index is 1.95. The average Bonchev–Trinajstić information content (AvgIpc) is 2.24. The number of rotatable bonds is 4. The van der Waals surface area contributed by atoms with Crippen LogP contribution in [0, 0.1) is 5.92 Å². The van der Waals surface area contributed by atoms with Crippen LogP contribution in [0.1, 0.15) is 16.8 Å². The van der Waals surface area contributed by atoms with Gasteiger partial charge in [0.25, 0.3) is 0 Å². The smallest absolute Gasteiger partial charge is 0.248 e. The quantitative estimate of drug-likeness (QED) is 0.700. The van der Waals surface area contributed by atoms with E-state index in [1.165, 1.54) is 0 Å². The van der Waals surface area contributed by atoms with E-state index in [-0.39, 0.29) is 5.91 Å². The van der Waals surface area contributed by atoms with E-state index < -0.39 is 5.91 Å². The molecule has 1 aliphatic heterocycles. The summed E-state index contributed by atoms with van der Waals surface area (Å²) in [7, 11) is 0. The molecule has 0 aromatic heterocycles. The summed E-state index contributed by atoms with van der Waals surface area (Å²) in [5.74, 6) is -0.100. The summed E-state index contributed by atoms with van der Waals surface area (Å²) in [5, 5.41) is 5.88. The number of primary amides is 1. The number of amides is 2. The minimum atomic E-state index is -0.496. The van der Waals surface area contributed by atoms with E-state index in [4.69, 9.17) is 5.73 Å². The van der Waals surface area contributed by atoms with Crippen LogP contribution in [0.4, 0.5) is 5.69 Å². The number of carbonyl (C=O) groups is 2. The Bertz CT molecular complexity index is 441. The molecule has 1 heterocycles. The Kier molecular flexibility index (Phi) is 3.39. The van der Waals surface area contributed by atoms with Gasteiger partial charge < -0.3 is 16.4 Å². The summed E-state index contributed by atoms with van der Waals surface area (Å²) in [5.41, 5.74) is 6.17. The highest BCUT2D eigenvalue weighted by atomic mass is 16.2. The summed E-state index contributed by atoms with van der Waals surface area (Å²) in [4.78, 5) is 22.6. The zero-order valence-electron chi connectivity index (χ0n) is 9.40. The van der Waals surface area contributed by atoms with Crippen molar-refractivity contribution in [2.24, 2.45) is 11.7 Å². The third-order valence-corrected chi connectivity index (χ3v) is 2.77. The minimum Gasteiger partial charge on any atom is -0.366 e. The van der Waals surface area contributed by atoms with Gasteiger partial charge in [0.1, 0.15) is 0 Å². The average molecular weight is 233 g/mol. The van der Waals surface area contributed by atoms with Gasteiger partial charge in [0.05, 0.1) is 0 Å². The predicted octanol–water partition coefficient (Wildman–Crippen LogP) is 0.333. The molecule has 90 valence electrons. The van der Waals surface area contributed by atoms with Gasteiger partial charge in [-0.05, 0) is 37.2 Å². The molecule has 5 heteroatoms. The van der Waals surface area contributed by atoms with Crippen molar-refractivity contribution in [3.63, 3.8) is 0 Å². The molecule has 0 radical (unpaired) electrons. The van der Waals surface area contributed by atoms with Gasteiger partial charge in [-0.1, -0.05) is 6.07 Å². The molecular weight excluding hydrogens is 218 g/mol. The van der Waals surface area contributed by atoms with Crippen molar-refractivity contribution in [2.75, 3.05) is 18.4 Å². The van der Waals surface area contributed by atoms with Gasteiger partial charge in [-0.25, -0.2) is 0 Å². The molecule has 4 N–H and O–H groups in total. The van der Waals surface area contributed by atoms with Crippen LogP contribution in [0.2, 0.25) is 0 Å². The number of hydrogen-bond acceptors (Lipinski definition) is 3. The molecule has 5 nitrogen and oxygen atoms in total. The Morgan fingerprint density at radius 2 is 2.18 bits per heavy atom. The lowest BCUT2D eigenvalue weighted by atomic mass is 9.99. The second-order valence-corrected chi connectivity index (χ2v) is 4.22. The Morgan fingerprint density at radius 1 is 1.41 bits per heavy atom. The van der Waals surface area contributed by atoms with Gasteiger partial charge in [0.15, 0.2) is 0 Å². The summed E-state index contributed by atoms with van der Waals surface area (Å²) < 4.78 is 0. The molecule has 0 spiro atoms. The third kappa shape index (κ3) is 3.04. The molecule has 17 heavy (non-hydrogen) atoms. The lowest BCUT2D eigenvalue weighted by Gasteiger charge is -2.26. The number of anilines is 1. The summed E-state index contributed by atoms with van der Waals surface area (Å²) >= 11 is 0. The molecule has 0 aliphatic carbocycles. The molecule has 1 aliphatic rings. The maximum atomic E-state index is 11.6. The fourth-order valence-electron chi connectivity index (χ4n) is 1.72. The van der Waals surface area contributed by atoms with Crippen LogP contribution in [0.25, 0.3) is 0 Å². The number of carbonyl (C=O) groups excluding carboxylic acids is 2. The first-order valence-electron chi connectivity index (χ1n) is 5.55. The number of benzene rings is 1. The number of nitrogens with two attached hydrogens (primary N) is 1. The largest absolute Gasteiger partial charge is 0.366 e. The maximum Gasteiger partial charge on any atom is 0.248 e. The van der Waals surface area contributed by atoms with Crippen LogP contribution in [0.5, 0.6) is 0 Å². The van der Waals surface area contributed by atoms with Crippen LogP contribution in [0.3, 0.4) is 0 Å². The van der Waals surface area contributed by atoms with Crippen molar-refractivity contribution in [3.05, 3.63) is 29.8 Å². The molecule has 0 unspecified atom stereocenters. The molecule has 1 aromatic carbocycles. The van der Waals surface area contributed by atoms with E-state index in [9.17, 15) is 9.59 Å². The SMILES string of the molecule is NC(=O)c1cccc(NC(=O)CC2CNC2)c1. The summed E-state index contributed by atoms with van der Waals surface area (Å²) in [6, 6.07) is 6.64. The van der Waals surface area contributed by atoms with E-state index >= 15 is 0 Å². The van der Waals surface area contributed by atoms with E-state index in [0.717, 1.165) is 13.1 Å². The highest BCUT2D eigenvalue weighted by Crippen LogP contribution is 2.13. The van der Waals surface area contributed by atoms with Crippen LogP contribution in [0.15, 0.2) is 24.3 Å². The van der Waals surface area contributed by atoms with Crippen molar-refractivity contribution in [2.45, 2.75) is 6.42 Å². The highest BCUT2D eigenvalue weighted by Gasteiger charge is 2.20. The summed E-state index contributed by atoms with van der Waals surface area (Å²) in [6.45, 7) is 1.80. The van der Waals surface area contributed by atoms with Crippen molar-refractivity contribution in [3.8, 4) is 0 Å². The van der Waals surface area contributed by atoms with Crippen LogP contribution in [-0.4, -0.2) is 24.9 Å². The first-order valence-corrected chi connectivity index (χ1v) is 5.55. The lowest BCUT2D eigenvalue weighted by molar-refractivity contribution is -0.117. The molecule has 1 fully saturated rings. The van der Waals surface area contributed by atoms with Gasteiger partial charge in [0, 0.05) is 17.7 Å². The normalized spacial score (nSPS) is 15.1. The molecule has 1 aromatic rings. The van der Waals surface area contributed by atoms with E-state index in [1.807, 2.05) is 0 Å². The molecule has 2 amide bonds. The van der Waals surface area contributed by atoms with Gasteiger partial charge >= 0.3 is 0 Å². The second-order valence-electron chi connectivity index (χ2n) is 4.22. The Morgan fingerprint density at radius 3 is 2.76 bits per heavy atom. The third-order valence-electron chi connectivity index (χ3n) is 2.77. The minimum absolute atomic E-state index is 0.0295. The first-order chi connectivity index (χ1) is 8.15. The van der Waals surface area contributed by atoms with Crippen LogP contribution < -0.4 is 16.4 Å². The van der Waals surface area contributed by atoms with Gasteiger partial charge in [-0.15, -0.1) is 0 Å². The van der Waals surface area contributed by atoms with Crippen LogP contribution >= 0.6 is 0 Å². The predicted molar refractivity (Wildman–Crippen MR) is 64.6 cm³/mol. The fourth-order valence-corrected chi connectivity index (χ4v) is 1.72. The zero-order valence-corrected chi connectivity index (χ0v) is 9.40. The number of hydrogen-bond donors (Lipinski definition) is 3. The Hall–Kier alpha value is -1.88. The van der Waals surface area contributed by atoms with Crippen molar-refractivity contribution < 1.29 is 9.59 Å². The van der Waals surface area contributed by atoms with Crippen molar-refractivity contribution >= 4 is 17.5 Å². The molecule has 0 bridgehead atoms. The molecule has 2 rings (SSSR count). The van der Waals surface area contributed by atoms with Crippen LogP contribution in [-0.2, 0) is 4.79 Å². The second kappa shape index (κ2) is 4.97. The van der Waals surface area contributed by atoms with E-state index in [0.29, 0.717) is 23.6 Å². The van der Waals surface area contributed by atoms with Crippen molar-refractivity contribution in [1.29, 1.82) is 0 Å². The fraction of sp³-hybridized carbons (Fsp3) is 0.333.